The highest BCUT2D eigenvalue weighted by molar-refractivity contribution is 5.93. The number of hydrogen-bond donors (Lipinski definition) is 3. The minimum Gasteiger partial charge on any atom is -0.350 e. The van der Waals surface area contributed by atoms with Gasteiger partial charge in [0.2, 0.25) is 5.56 Å². The highest BCUT2D eigenvalue weighted by Crippen LogP contribution is 1.98. The molecular formula is C11H17N3O2. The molecule has 0 aliphatic rings. The van der Waals surface area contributed by atoms with E-state index < -0.39 is 0 Å². The predicted octanol–water partition coefficient (Wildman–Crippen LogP) is 0.232. The predicted molar refractivity (Wildman–Crippen MR) is 62.3 cm³/mol. The van der Waals surface area contributed by atoms with E-state index >= 15 is 0 Å². The average molecular weight is 223 g/mol. The Balaban J connectivity index is 2.52. The third-order valence-corrected chi connectivity index (χ3v) is 2.27. The van der Waals surface area contributed by atoms with E-state index in [1.807, 2.05) is 6.92 Å². The fraction of sp³-hybridized carbons (Fsp3) is 0.455. The van der Waals surface area contributed by atoms with Crippen LogP contribution in [-0.4, -0.2) is 23.5 Å². The number of nitrogens with one attached hydrogen (secondary N) is 2. The van der Waals surface area contributed by atoms with Gasteiger partial charge in [-0.3, -0.25) is 9.59 Å². The highest BCUT2D eigenvalue weighted by atomic mass is 16.1. The topological polar surface area (TPSA) is 88.0 Å². The summed E-state index contributed by atoms with van der Waals surface area (Å²) in [5, 5.41) is 2.83. The summed E-state index contributed by atoms with van der Waals surface area (Å²) in [6, 6.07) is 2.92. The molecule has 4 N–H and O–H groups in total. The molecule has 5 heteroatoms. The van der Waals surface area contributed by atoms with Crippen molar-refractivity contribution in [2.75, 3.05) is 6.54 Å². The van der Waals surface area contributed by atoms with Crippen LogP contribution in [0, 0.1) is 0 Å². The SMILES string of the molecule is CC(CCCN)NC(=O)c1ccc(=O)[nH]c1. The zero-order valence-corrected chi connectivity index (χ0v) is 9.32. The Bertz CT molecular complexity index is 380. The summed E-state index contributed by atoms with van der Waals surface area (Å²) in [5.41, 5.74) is 5.63. The molecule has 0 fully saturated rings. The van der Waals surface area contributed by atoms with Gasteiger partial charge in [0.25, 0.3) is 5.91 Å². The summed E-state index contributed by atoms with van der Waals surface area (Å²) >= 11 is 0. The van der Waals surface area contributed by atoms with Crippen LogP contribution in [0.15, 0.2) is 23.1 Å². The van der Waals surface area contributed by atoms with Gasteiger partial charge in [-0.15, -0.1) is 0 Å². The molecule has 0 saturated heterocycles. The fourth-order valence-electron chi connectivity index (χ4n) is 1.36. The molecule has 1 aromatic heterocycles. The van der Waals surface area contributed by atoms with E-state index in [9.17, 15) is 9.59 Å². The van der Waals surface area contributed by atoms with E-state index in [2.05, 4.69) is 10.3 Å². The molecule has 0 aromatic carbocycles. The quantitative estimate of drug-likeness (QED) is 0.667. The largest absolute Gasteiger partial charge is 0.350 e. The minimum atomic E-state index is -0.215. The van der Waals surface area contributed by atoms with Crippen LogP contribution in [0.2, 0.25) is 0 Å². The summed E-state index contributed by atoms with van der Waals surface area (Å²) < 4.78 is 0. The lowest BCUT2D eigenvalue weighted by Gasteiger charge is -2.12. The molecule has 1 amide bonds. The van der Waals surface area contributed by atoms with Crippen LogP contribution in [0.4, 0.5) is 0 Å². The molecular weight excluding hydrogens is 206 g/mol. The summed E-state index contributed by atoms with van der Waals surface area (Å²) in [7, 11) is 0. The second-order valence-corrected chi connectivity index (χ2v) is 3.75. The Labute approximate surface area is 94.1 Å². The lowest BCUT2D eigenvalue weighted by atomic mass is 10.1. The van der Waals surface area contributed by atoms with Crippen LogP contribution in [0.1, 0.15) is 30.1 Å². The van der Waals surface area contributed by atoms with Gasteiger partial charge in [-0.1, -0.05) is 0 Å². The van der Waals surface area contributed by atoms with Crippen molar-refractivity contribution in [2.45, 2.75) is 25.8 Å². The molecule has 1 rings (SSSR count). The van der Waals surface area contributed by atoms with Gasteiger partial charge in [0.05, 0.1) is 5.56 Å². The summed E-state index contributed by atoms with van der Waals surface area (Å²) in [6.07, 6.45) is 3.14. The number of aromatic amines is 1. The average Bonchev–Trinajstić information content (AvgIpc) is 2.27. The molecule has 0 bridgehead atoms. The molecule has 0 spiro atoms. The van der Waals surface area contributed by atoms with Crippen molar-refractivity contribution < 1.29 is 4.79 Å². The number of carbonyl (C=O) groups excluding carboxylic acids is 1. The monoisotopic (exact) mass is 223 g/mol. The van der Waals surface area contributed by atoms with Gasteiger partial charge < -0.3 is 16.0 Å². The number of amides is 1. The Morgan fingerprint density at radius 3 is 2.88 bits per heavy atom. The van der Waals surface area contributed by atoms with E-state index in [1.54, 1.807) is 0 Å². The van der Waals surface area contributed by atoms with Gasteiger partial charge in [-0.2, -0.15) is 0 Å². The van der Waals surface area contributed by atoms with Crippen molar-refractivity contribution >= 4 is 5.91 Å². The number of rotatable bonds is 5. The first-order chi connectivity index (χ1) is 7.63. The molecule has 0 aliphatic carbocycles. The normalized spacial score (nSPS) is 12.1. The van der Waals surface area contributed by atoms with Crippen molar-refractivity contribution in [1.82, 2.24) is 10.3 Å². The van der Waals surface area contributed by atoms with Crippen molar-refractivity contribution in [1.29, 1.82) is 0 Å². The number of nitrogens with two attached hydrogens (primary N) is 1. The molecule has 0 radical (unpaired) electrons. The summed E-state index contributed by atoms with van der Waals surface area (Å²) in [6.45, 7) is 2.55. The third kappa shape index (κ3) is 3.86. The van der Waals surface area contributed by atoms with E-state index in [4.69, 9.17) is 5.73 Å². The van der Waals surface area contributed by atoms with Crippen molar-refractivity contribution in [3.8, 4) is 0 Å². The summed E-state index contributed by atoms with van der Waals surface area (Å²) in [4.78, 5) is 24.9. The molecule has 1 aromatic rings. The first-order valence-corrected chi connectivity index (χ1v) is 5.33. The maximum Gasteiger partial charge on any atom is 0.252 e. The van der Waals surface area contributed by atoms with Gasteiger partial charge in [0.15, 0.2) is 0 Å². The van der Waals surface area contributed by atoms with Crippen molar-refractivity contribution in [2.24, 2.45) is 5.73 Å². The first-order valence-electron chi connectivity index (χ1n) is 5.33. The Kier molecular flexibility index (Phi) is 4.72. The second-order valence-electron chi connectivity index (χ2n) is 3.75. The van der Waals surface area contributed by atoms with Crippen LogP contribution >= 0.6 is 0 Å². The molecule has 0 saturated carbocycles. The minimum absolute atomic E-state index is 0.0861. The number of H-pyrrole nitrogens is 1. The van der Waals surface area contributed by atoms with Gasteiger partial charge >= 0.3 is 0 Å². The maximum absolute atomic E-state index is 11.7. The number of pyridine rings is 1. The molecule has 1 heterocycles. The number of hydrogen-bond acceptors (Lipinski definition) is 3. The van der Waals surface area contributed by atoms with E-state index in [-0.39, 0.29) is 17.5 Å². The molecule has 88 valence electrons. The molecule has 1 unspecified atom stereocenters. The van der Waals surface area contributed by atoms with E-state index in [0.717, 1.165) is 12.8 Å². The van der Waals surface area contributed by atoms with Gasteiger partial charge in [-0.25, -0.2) is 0 Å². The van der Waals surface area contributed by atoms with Crippen LogP contribution < -0.4 is 16.6 Å². The van der Waals surface area contributed by atoms with Crippen LogP contribution in [0.5, 0.6) is 0 Å². The fourth-order valence-corrected chi connectivity index (χ4v) is 1.36. The van der Waals surface area contributed by atoms with Crippen molar-refractivity contribution in [3.05, 3.63) is 34.2 Å². The van der Waals surface area contributed by atoms with Crippen LogP contribution in [0.3, 0.4) is 0 Å². The molecule has 1 atom stereocenters. The molecule has 5 nitrogen and oxygen atoms in total. The molecule has 16 heavy (non-hydrogen) atoms. The zero-order chi connectivity index (χ0) is 12.0. The Hall–Kier alpha value is -1.62. The third-order valence-electron chi connectivity index (χ3n) is 2.27. The van der Waals surface area contributed by atoms with E-state index in [0.29, 0.717) is 12.1 Å². The maximum atomic E-state index is 11.7. The van der Waals surface area contributed by atoms with Crippen LogP contribution in [-0.2, 0) is 0 Å². The zero-order valence-electron chi connectivity index (χ0n) is 9.32. The number of carbonyl (C=O) groups is 1. The lowest BCUT2D eigenvalue weighted by molar-refractivity contribution is 0.0937. The molecule has 0 aliphatic heterocycles. The first kappa shape index (κ1) is 12.4. The standard InChI is InChI=1S/C11H17N3O2/c1-8(3-2-6-12)14-11(16)9-4-5-10(15)13-7-9/h4-5,7-8H,2-3,6,12H2,1H3,(H,13,15)(H,14,16). The Morgan fingerprint density at radius 1 is 1.56 bits per heavy atom. The van der Waals surface area contributed by atoms with Gasteiger partial charge in [-0.05, 0) is 32.4 Å². The summed E-state index contributed by atoms with van der Waals surface area (Å²) in [5.74, 6) is -0.180. The van der Waals surface area contributed by atoms with Crippen molar-refractivity contribution in [3.63, 3.8) is 0 Å². The number of aromatic nitrogens is 1. The van der Waals surface area contributed by atoms with Gasteiger partial charge in [0, 0.05) is 18.3 Å². The lowest BCUT2D eigenvalue weighted by Crippen LogP contribution is -2.33. The van der Waals surface area contributed by atoms with Gasteiger partial charge in [0.1, 0.15) is 0 Å². The second kappa shape index (κ2) is 6.07. The highest BCUT2D eigenvalue weighted by Gasteiger charge is 2.08. The van der Waals surface area contributed by atoms with E-state index in [1.165, 1.54) is 18.3 Å². The van der Waals surface area contributed by atoms with Crippen LogP contribution in [0.25, 0.3) is 0 Å². The Morgan fingerprint density at radius 2 is 2.31 bits per heavy atom. The smallest absolute Gasteiger partial charge is 0.252 e.